The third-order valence-electron chi connectivity index (χ3n) is 2.96. The normalized spacial score (nSPS) is 10.7. The van der Waals surface area contributed by atoms with Gasteiger partial charge in [0, 0.05) is 18.8 Å². The first kappa shape index (κ1) is 10.9. The van der Waals surface area contributed by atoms with Gasteiger partial charge in [0.05, 0.1) is 12.0 Å². The predicted molar refractivity (Wildman–Crippen MR) is 65.1 cm³/mol. The number of benzene rings is 1. The quantitative estimate of drug-likeness (QED) is 0.851. The Bertz CT molecular complexity index is 468. The van der Waals surface area contributed by atoms with E-state index in [1.807, 2.05) is 13.3 Å². The molecule has 0 saturated carbocycles. The van der Waals surface area contributed by atoms with Crippen molar-refractivity contribution in [2.24, 2.45) is 5.73 Å². The van der Waals surface area contributed by atoms with Crippen LogP contribution in [0.2, 0.25) is 0 Å². The fraction of sp³-hybridized carbons (Fsp3) is 0.308. The van der Waals surface area contributed by atoms with E-state index in [2.05, 4.69) is 40.7 Å². The van der Waals surface area contributed by atoms with Gasteiger partial charge in [-0.1, -0.05) is 24.3 Å². The van der Waals surface area contributed by atoms with Crippen LogP contribution in [0, 0.1) is 13.8 Å². The number of nitrogens with zero attached hydrogens (tertiary/aromatic N) is 2. The molecule has 84 valence electrons. The summed E-state index contributed by atoms with van der Waals surface area (Å²) in [6.07, 6.45) is 1.89. The number of hydrogen-bond acceptors (Lipinski definition) is 2. The lowest BCUT2D eigenvalue weighted by Gasteiger charge is -2.06. The summed E-state index contributed by atoms with van der Waals surface area (Å²) < 4.78 is 2.16. The van der Waals surface area contributed by atoms with Crippen molar-refractivity contribution < 1.29 is 0 Å². The molecule has 0 unspecified atom stereocenters. The summed E-state index contributed by atoms with van der Waals surface area (Å²) in [4.78, 5) is 4.29. The van der Waals surface area contributed by atoms with Crippen LogP contribution in [0.5, 0.6) is 0 Å². The van der Waals surface area contributed by atoms with E-state index in [4.69, 9.17) is 5.73 Å². The molecule has 0 aliphatic carbocycles. The molecule has 0 spiro atoms. The van der Waals surface area contributed by atoms with E-state index in [0.717, 1.165) is 12.2 Å². The maximum Gasteiger partial charge on any atom is 0.0954 e. The van der Waals surface area contributed by atoms with E-state index >= 15 is 0 Å². The van der Waals surface area contributed by atoms with Crippen molar-refractivity contribution in [2.45, 2.75) is 26.9 Å². The van der Waals surface area contributed by atoms with Crippen LogP contribution in [0.4, 0.5) is 0 Å². The summed E-state index contributed by atoms with van der Waals surface area (Å²) in [7, 11) is 0. The van der Waals surface area contributed by atoms with Crippen molar-refractivity contribution >= 4 is 0 Å². The Balaban J connectivity index is 2.17. The van der Waals surface area contributed by atoms with Crippen molar-refractivity contribution in [3.05, 3.63) is 53.1 Å². The van der Waals surface area contributed by atoms with Gasteiger partial charge in [-0.15, -0.1) is 0 Å². The highest BCUT2D eigenvalue weighted by Gasteiger charge is 2.02. The number of rotatable bonds is 3. The maximum absolute atomic E-state index is 5.56. The van der Waals surface area contributed by atoms with Gasteiger partial charge >= 0.3 is 0 Å². The SMILES string of the molecule is Cc1ncn(Cc2ccc(CN)cc2)c1C. The molecule has 0 aliphatic rings. The van der Waals surface area contributed by atoms with E-state index in [-0.39, 0.29) is 0 Å². The van der Waals surface area contributed by atoms with E-state index in [9.17, 15) is 0 Å². The maximum atomic E-state index is 5.56. The van der Waals surface area contributed by atoms with E-state index in [1.54, 1.807) is 0 Å². The summed E-state index contributed by atoms with van der Waals surface area (Å²) in [5.41, 5.74) is 10.3. The van der Waals surface area contributed by atoms with Crippen LogP contribution in [-0.2, 0) is 13.1 Å². The van der Waals surface area contributed by atoms with Crippen LogP contribution < -0.4 is 5.73 Å². The second-order valence-corrected chi connectivity index (χ2v) is 4.06. The van der Waals surface area contributed by atoms with E-state index in [1.165, 1.54) is 16.8 Å². The van der Waals surface area contributed by atoms with Gasteiger partial charge in [-0.05, 0) is 25.0 Å². The van der Waals surface area contributed by atoms with Gasteiger partial charge in [-0.25, -0.2) is 4.98 Å². The van der Waals surface area contributed by atoms with Crippen LogP contribution >= 0.6 is 0 Å². The zero-order valence-electron chi connectivity index (χ0n) is 9.77. The van der Waals surface area contributed by atoms with Gasteiger partial charge in [-0.2, -0.15) is 0 Å². The molecule has 3 heteroatoms. The lowest BCUT2D eigenvalue weighted by Crippen LogP contribution is -2.01. The van der Waals surface area contributed by atoms with Crippen molar-refractivity contribution in [3.63, 3.8) is 0 Å². The number of nitrogens with two attached hydrogens (primary N) is 1. The Morgan fingerprint density at radius 2 is 1.75 bits per heavy atom. The molecule has 0 radical (unpaired) electrons. The summed E-state index contributed by atoms with van der Waals surface area (Å²) in [6, 6.07) is 8.40. The van der Waals surface area contributed by atoms with Gasteiger partial charge in [0.25, 0.3) is 0 Å². The molecule has 1 aromatic carbocycles. The molecule has 16 heavy (non-hydrogen) atoms. The lowest BCUT2D eigenvalue weighted by atomic mass is 10.1. The second-order valence-electron chi connectivity index (χ2n) is 4.06. The summed E-state index contributed by atoms with van der Waals surface area (Å²) in [6.45, 7) is 5.60. The molecule has 0 amide bonds. The molecule has 0 atom stereocenters. The average molecular weight is 215 g/mol. The molecule has 3 nitrogen and oxygen atoms in total. The smallest absolute Gasteiger partial charge is 0.0954 e. The minimum atomic E-state index is 0.601. The minimum Gasteiger partial charge on any atom is -0.330 e. The highest BCUT2D eigenvalue weighted by Crippen LogP contribution is 2.10. The first-order chi connectivity index (χ1) is 7.70. The molecule has 0 fully saturated rings. The van der Waals surface area contributed by atoms with Gasteiger partial charge in [0.1, 0.15) is 0 Å². The standard InChI is InChI=1S/C13H17N3/c1-10-11(2)16(9-15-10)8-13-5-3-12(7-14)4-6-13/h3-6,9H,7-8,14H2,1-2H3. The van der Waals surface area contributed by atoms with E-state index < -0.39 is 0 Å². The van der Waals surface area contributed by atoms with Crippen LogP contribution in [0.15, 0.2) is 30.6 Å². The van der Waals surface area contributed by atoms with Crippen LogP contribution in [0.25, 0.3) is 0 Å². The summed E-state index contributed by atoms with van der Waals surface area (Å²) in [5, 5.41) is 0. The van der Waals surface area contributed by atoms with E-state index in [0.29, 0.717) is 6.54 Å². The van der Waals surface area contributed by atoms with Crippen LogP contribution in [0.1, 0.15) is 22.5 Å². The number of aryl methyl sites for hydroxylation is 1. The molecule has 2 aromatic rings. The summed E-state index contributed by atoms with van der Waals surface area (Å²) in [5.74, 6) is 0. The topological polar surface area (TPSA) is 43.8 Å². The largest absolute Gasteiger partial charge is 0.330 e. The molecule has 0 aliphatic heterocycles. The lowest BCUT2D eigenvalue weighted by molar-refractivity contribution is 0.768. The first-order valence-electron chi connectivity index (χ1n) is 5.47. The van der Waals surface area contributed by atoms with Crippen molar-refractivity contribution in [1.82, 2.24) is 9.55 Å². The third kappa shape index (κ3) is 2.14. The average Bonchev–Trinajstić information content (AvgIpc) is 2.62. The molecular weight excluding hydrogens is 198 g/mol. The van der Waals surface area contributed by atoms with Crippen LogP contribution in [0.3, 0.4) is 0 Å². The van der Waals surface area contributed by atoms with Gasteiger partial charge in [-0.3, -0.25) is 0 Å². The fourth-order valence-corrected chi connectivity index (χ4v) is 1.68. The molecule has 2 rings (SSSR count). The van der Waals surface area contributed by atoms with Gasteiger partial charge < -0.3 is 10.3 Å². The number of hydrogen-bond donors (Lipinski definition) is 1. The zero-order chi connectivity index (χ0) is 11.5. The fourth-order valence-electron chi connectivity index (χ4n) is 1.68. The molecule has 1 aromatic heterocycles. The number of imidazole rings is 1. The molecule has 1 heterocycles. The molecule has 2 N–H and O–H groups in total. The highest BCUT2D eigenvalue weighted by atomic mass is 15.0. The van der Waals surface area contributed by atoms with Crippen molar-refractivity contribution in [1.29, 1.82) is 0 Å². The summed E-state index contributed by atoms with van der Waals surface area (Å²) >= 11 is 0. The molecule has 0 bridgehead atoms. The van der Waals surface area contributed by atoms with Gasteiger partial charge in [0.15, 0.2) is 0 Å². The predicted octanol–water partition coefficient (Wildman–Crippen LogP) is 2.01. The number of aromatic nitrogens is 2. The van der Waals surface area contributed by atoms with Crippen LogP contribution in [-0.4, -0.2) is 9.55 Å². The molecular formula is C13H17N3. The highest BCUT2D eigenvalue weighted by molar-refractivity contribution is 5.23. The minimum absolute atomic E-state index is 0.601. The zero-order valence-corrected chi connectivity index (χ0v) is 9.77. The Hall–Kier alpha value is -1.61. The Labute approximate surface area is 95.9 Å². The third-order valence-corrected chi connectivity index (χ3v) is 2.96. The Morgan fingerprint density at radius 3 is 2.25 bits per heavy atom. The Morgan fingerprint density at radius 1 is 1.12 bits per heavy atom. The van der Waals surface area contributed by atoms with Crippen molar-refractivity contribution in [3.8, 4) is 0 Å². The Kier molecular flexibility index (Phi) is 3.06. The second kappa shape index (κ2) is 4.49. The van der Waals surface area contributed by atoms with Gasteiger partial charge in [0.2, 0.25) is 0 Å². The van der Waals surface area contributed by atoms with Crippen molar-refractivity contribution in [2.75, 3.05) is 0 Å². The molecule has 0 saturated heterocycles. The first-order valence-corrected chi connectivity index (χ1v) is 5.47. The monoisotopic (exact) mass is 215 g/mol.